The van der Waals surface area contributed by atoms with E-state index in [4.69, 9.17) is 0 Å². The molecular weight excluding hydrogens is 335 g/mol. The van der Waals surface area contributed by atoms with Gasteiger partial charge in [0.25, 0.3) is 5.91 Å². The molecule has 8 heteroatoms. The number of carbonyl (C=O) groups excluding carboxylic acids is 1. The minimum Gasteiger partial charge on any atom is -0.506 e. The predicted octanol–water partition coefficient (Wildman–Crippen LogP) is 1.88. The monoisotopic (exact) mass is 348 g/mol. The van der Waals surface area contributed by atoms with Gasteiger partial charge < -0.3 is 5.11 Å². The van der Waals surface area contributed by atoms with E-state index in [1.807, 2.05) is 30.3 Å². The van der Waals surface area contributed by atoms with Gasteiger partial charge in [-0.3, -0.25) is 4.79 Å². The summed E-state index contributed by atoms with van der Waals surface area (Å²) in [5.74, 6) is -2.29. The van der Waals surface area contributed by atoms with Crippen LogP contribution in [0.3, 0.4) is 0 Å². The second-order valence-electron chi connectivity index (χ2n) is 5.12. The van der Waals surface area contributed by atoms with Crippen LogP contribution < -0.4 is 9.03 Å². The first-order valence-electron chi connectivity index (χ1n) is 6.96. The Hall–Kier alpha value is -2.87. The number of nitrogens with zero attached hydrogens (tertiary/aromatic N) is 1. The quantitative estimate of drug-likeness (QED) is 0.829. The van der Waals surface area contributed by atoms with Gasteiger partial charge in [0.2, 0.25) is 0 Å². The van der Waals surface area contributed by atoms with Crippen LogP contribution in [-0.2, 0) is 15.0 Å². The van der Waals surface area contributed by atoms with Crippen molar-refractivity contribution < 1.29 is 22.7 Å². The molecule has 6 nitrogen and oxygen atoms in total. The number of phenols is 1. The first kappa shape index (κ1) is 16.0. The van der Waals surface area contributed by atoms with Crippen molar-refractivity contribution in [2.45, 2.75) is 0 Å². The molecule has 0 atom stereocenters. The number of hydrogen-bond acceptors (Lipinski definition) is 4. The van der Waals surface area contributed by atoms with Gasteiger partial charge in [-0.15, -0.1) is 0 Å². The zero-order chi connectivity index (χ0) is 17.3. The van der Waals surface area contributed by atoms with E-state index in [1.54, 1.807) is 10.8 Å². The summed E-state index contributed by atoms with van der Waals surface area (Å²) in [5, 5.41) is 9.87. The van der Waals surface area contributed by atoms with Crippen LogP contribution in [-0.4, -0.2) is 26.0 Å². The number of amides is 1. The van der Waals surface area contributed by atoms with Crippen molar-refractivity contribution in [2.24, 2.45) is 0 Å². The Morgan fingerprint density at radius 2 is 1.83 bits per heavy atom. The molecule has 1 saturated heterocycles. The molecule has 2 aromatic rings. The zero-order valence-electron chi connectivity index (χ0n) is 12.3. The Kier molecular flexibility index (Phi) is 3.98. The van der Waals surface area contributed by atoms with Crippen LogP contribution in [0.2, 0.25) is 0 Å². The molecule has 0 bridgehead atoms. The Morgan fingerprint density at radius 3 is 2.46 bits per heavy atom. The molecule has 0 saturated carbocycles. The SMILES string of the molecule is O=C1CN(c2c(O)ccc(/C=C/c3ccccc3)c2F)S(=O)(=O)N1. The van der Waals surface area contributed by atoms with Crippen LogP contribution in [0, 0.1) is 5.82 Å². The highest BCUT2D eigenvalue weighted by Crippen LogP contribution is 2.35. The third-order valence-corrected chi connectivity index (χ3v) is 4.83. The standard InChI is InChI=1S/C16H13FN2O4S/c17-15-12(7-6-11-4-2-1-3-5-11)8-9-13(20)16(15)19-10-14(21)18-24(19,22)23/h1-9,20H,10H2,(H,18,21)/b7-6+. The van der Waals surface area contributed by atoms with Gasteiger partial charge in [0.1, 0.15) is 18.0 Å². The van der Waals surface area contributed by atoms with Gasteiger partial charge in [0, 0.05) is 5.56 Å². The molecule has 3 rings (SSSR count). The van der Waals surface area contributed by atoms with Gasteiger partial charge in [-0.1, -0.05) is 42.5 Å². The lowest BCUT2D eigenvalue weighted by molar-refractivity contribution is -0.117. The molecule has 1 heterocycles. The predicted molar refractivity (Wildman–Crippen MR) is 87.8 cm³/mol. The number of anilines is 1. The maximum absolute atomic E-state index is 14.7. The minimum atomic E-state index is -4.21. The normalized spacial score (nSPS) is 16.5. The van der Waals surface area contributed by atoms with Crippen LogP contribution in [0.1, 0.15) is 11.1 Å². The van der Waals surface area contributed by atoms with Crippen molar-refractivity contribution in [1.29, 1.82) is 0 Å². The van der Waals surface area contributed by atoms with Crippen molar-refractivity contribution in [3.05, 3.63) is 59.4 Å². The second-order valence-corrected chi connectivity index (χ2v) is 6.71. The third-order valence-electron chi connectivity index (χ3n) is 3.45. The summed E-state index contributed by atoms with van der Waals surface area (Å²) in [6.45, 7) is -0.585. The fourth-order valence-corrected chi connectivity index (χ4v) is 3.50. The van der Waals surface area contributed by atoms with Gasteiger partial charge in [-0.25, -0.2) is 13.4 Å². The maximum atomic E-state index is 14.7. The first-order valence-corrected chi connectivity index (χ1v) is 8.40. The summed E-state index contributed by atoms with van der Waals surface area (Å²) in [4.78, 5) is 11.3. The molecule has 0 unspecified atom stereocenters. The van der Waals surface area contributed by atoms with Crippen LogP contribution in [0.25, 0.3) is 12.2 Å². The molecule has 0 aromatic heterocycles. The molecule has 1 aliphatic rings. The Morgan fingerprint density at radius 1 is 1.12 bits per heavy atom. The molecule has 2 aromatic carbocycles. The molecule has 1 fully saturated rings. The topological polar surface area (TPSA) is 86.7 Å². The molecule has 0 radical (unpaired) electrons. The van der Waals surface area contributed by atoms with E-state index in [9.17, 15) is 22.7 Å². The summed E-state index contributed by atoms with van der Waals surface area (Å²) >= 11 is 0. The van der Waals surface area contributed by atoms with E-state index in [0.29, 0.717) is 4.31 Å². The van der Waals surface area contributed by atoms with Gasteiger partial charge in [-0.2, -0.15) is 8.42 Å². The van der Waals surface area contributed by atoms with Crippen LogP contribution >= 0.6 is 0 Å². The van der Waals surface area contributed by atoms with Crippen molar-refractivity contribution in [3.63, 3.8) is 0 Å². The molecule has 0 aliphatic carbocycles. The average molecular weight is 348 g/mol. The van der Waals surface area contributed by atoms with E-state index in [0.717, 1.165) is 5.56 Å². The summed E-state index contributed by atoms with van der Waals surface area (Å²) in [7, 11) is -4.21. The zero-order valence-corrected chi connectivity index (χ0v) is 13.1. The van der Waals surface area contributed by atoms with Gasteiger partial charge >= 0.3 is 10.2 Å². The summed E-state index contributed by atoms with van der Waals surface area (Å²) < 4.78 is 40.7. The van der Waals surface area contributed by atoms with Crippen LogP contribution in [0.5, 0.6) is 5.75 Å². The molecule has 1 amide bonds. The highest BCUT2D eigenvalue weighted by atomic mass is 32.2. The Labute approximate surface area is 138 Å². The molecular formula is C16H13FN2O4S. The molecule has 24 heavy (non-hydrogen) atoms. The number of rotatable bonds is 3. The number of aromatic hydroxyl groups is 1. The second kappa shape index (κ2) is 5.97. The number of halogens is 1. The van der Waals surface area contributed by atoms with E-state index in [1.165, 1.54) is 18.2 Å². The molecule has 124 valence electrons. The summed E-state index contributed by atoms with van der Waals surface area (Å²) in [6.07, 6.45) is 3.12. The van der Waals surface area contributed by atoms with Crippen LogP contribution in [0.4, 0.5) is 10.1 Å². The number of hydrogen-bond donors (Lipinski definition) is 2. The van der Waals surface area contributed by atoms with Gasteiger partial charge in [0.15, 0.2) is 5.82 Å². The van der Waals surface area contributed by atoms with E-state index in [-0.39, 0.29) is 5.56 Å². The average Bonchev–Trinajstić information content (AvgIpc) is 2.80. The Balaban J connectivity index is 2.03. The van der Waals surface area contributed by atoms with Crippen molar-refractivity contribution in [3.8, 4) is 5.75 Å². The van der Waals surface area contributed by atoms with E-state index < -0.39 is 39.9 Å². The fourth-order valence-electron chi connectivity index (χ4n) is 2.33. The minimum absolute atomic E-state index is 0.0844. The lowest BCUT2D eigenvalue weighted by atomic mass is 10.1. The summed E-state index contributed by atoms with van der Waals surface area (Å²) in [5.41, 5.74) is 0.363. The van der Waals surface area contributed by atoms with Crippen molar-refractivity contribution in [1.82, 2.24) is 4.72 Å². The highest BCUT2D eigenvalue weighted by Gasteiger charge is 2.37. The molecule has 0 spiro atoms. The summed E-state index contributed by atoms with van der Waals surface area (Å²) in [6, 6.07) is 11.6. The van der Waals surface area contributed by atoms with Crippen molar-refractivity contribution in [2.75, 3.05) is 10.8 Å². The fraction of sp³-hybridized carbons (Fsp3) is 0.0625. The van der Waals surface area contributed by atoms with E-state index in [2.05, 4.69) is 0 Å². The van der Waals surface area contributed by atoms with Gasteiger partial charge in [-0.05, 0) is 17.7 Å². The molecule has 1 aliphatic heterocycles. The number of benzene rings is 2. The van der Waals surface area contributed by atoms with Crippen molar-refractivity contribution >= 4 is 34.0 Å². The molecule has 2 N–H and O–H groups in total. The lowest BCUT2D eigenvalue weighted by Crippen LogP contribution is -2.30. The highest BCUT2D eigenvalue weighted by molar-refractivity contribution is 7.92. The Bertz CT molecular complexity index is 927. The number of nitrogens with one attached hydrogen (secondary N) is 1. The number of phenolic OH excluding ortho intramolecular Hbond substituents is 1. The van der Waals surface area contributed by atoms with Gasteiger partial charge in [0.05, 0.1) is 0 Å². The smallest absolute Gasteiger partial charge is 0.326 e. The number of carbonyl (C=O) groups is 1. The largest absolute Gasteiger partial charge is 0.506 e. The third kappa shape index (κ3) is 2.95. The first-order chi connectivity index (χ1) is 11.4. The van der Waals surface area contributed by atoms with E-state index >= 15 is 0 Å². The van der Waals surface area contributed by atoms with Crippen LogP contribution in [0.15, 0.2) is 42.5 Å². The maximum Gasteiger partial charge on any atom is 0.326 e. The lowest BCUT2D eigenvalue weighted by Gasteiger charge is -2.17.